The van der Waals surface area contributed by atoms with Crippen LogP contribution in [0.5, 0.6) is 11.5 Å². The number of aryl methyl sites for hydroxylation is 1. The lowest BCUT2D eigenvalue weighted by atomic mass is 10.0. The number of carbonyl (C=O) groups excluding carboxylic acids is 1. The molecule has 100 valence electrons. The summed E-state index contributed by atoms with van der Waals surface area (Å²) in [5, 5.41) is 11.2. The Morgan fingerprint density at radius 2 is 1.89 bits per heavy atom. The molecule has 1 rings (SSSR count). The normalized spacial score (nSPS) is 10.0. The van der Waals surface area contributed by atoms with E-state index in [1.807, 2.05) is 13.0 Å². The van der Waals surface area contributed by atoms with E-state index >= 15 is 0 Å². The summed E-state index contributed by atoms with van der Waals surface area (Å²) in [6, 6.07) is 3.64. The molecule has 0 saturated heterocycles. The van der Waals surface area contributed by atoms with Gasteiger partial charge in [0.05, 0.1) is 27.2 Å². The van der Waals surface area contributed by atoms with Crippen LogP contribution in [0.3, 0.4) is 0 Å². The number of amides is 1. The average Bonchev–Trinajstić information content (AvgIpc) is 2.38. The van der Waals surface area contributed by atoms with Gasteiger partial charge in [-0.3, -0.25) is 4.79 Å². The van der Waals surface area contributed by atoms with Crippen molar-refractivity contribution in [2.45, 2.75) is 13.3 Å². The molecule has 0 saturated carbocycles. The van der Waals surface area contributed by atoms with Gasteiger partial charge in [-0.15, -0.1) is 0 Å². The van der Waals surface area contributed by atoms with Crippen LogP contribution in [0.2, 0.25) is 0 Å². The van der Waals surface area contributed by atoms with Crippen molar-refractivity contribution in [3.05, 3.63) is 23.3 Å². The average molecular weight is 253 g/mol. The molecule has 0 aliphatic carbocycles. The third-order valence-corrected chi connectivity index (χ3v) is 2.63. The molecule has 0 heterocycles. The van der Waals surface area contributed by atoms with Crippen molar-refractivity contribution in [3.63, 3.8) is 0 Å². The summed E-state index contributed by atoms with van der Waals surface area (Å²) in [5.74, 6) is 1.13. The molecule has 1 aromatic carbocycles. The van der Waals surface area contributed by atoms with Crippen LogP contribution in [-0.4, -0.2) is 38.4 Å². The highest BCUT2D eigenvalue weighted by atomic mass is 16.5. The number of aliphatic hydroxyl groups is 1. The monoisotopic (exact) mass is 253 g/mol. The van der Waals surface area contributed by atoms with Gasteiger partial charge < -0.3 is 19.9 Å². The van der Waals surface area contributed by atoms with E-state index < -0.39 is 0 Å². The van der Waals surface area contributed by atoms with Gasteiger partial charge in [0.1, 0.15) is 0 Å². The van der Waals surface area contributed by atoms with E-state index in [4.69, 9.17) is 14.6 Å². The predicted molar refractivity (Wildman–Crippen MR) is 68.1 cm³/mol. The molecular weight excluding hydrogens is 234 g/mol. The Balaban J connectivity index is 2.85. The lowest BCUT2D eigenvalue weighted by Gasteiger charge is -2.12. The zero-order chi connectivity index (χ0) is 13.5. The Kier molecular flexibility index (Phi) is 5.45. The number of nitrogens with one attached hydrogen (secondary N) is 1. The first kappa shape index (κ1) is 14.3. The first-order valence-electron chi connectivity index (χ1n) is 5.71. The van der Waals surface area contributed by atoms with Crippen molar-refractivity contribution in [2.24, 2.45) is 0 Å². The fourth-order valence-electron chi connectivity index (χ4n) is 1.64. The minimum atomic E-state index is -0.126. The standard InChI is InChI=1S/C13H19NO4/c1-9-6-11(17-2)12(18-3)7-10(9)8-13(16)14-4-5-15/h6-7,15H,4-5,8H2,1-3H3,(H,14,16). The molecule has 0 bridgehead atoms. The van der Waals surface area contributed by atoms with E-state index in [2.05, 4.69) is 5.32 Å². The summed E-state index contributed by atoms with van der Waals surface area (Å²) in [4.78, 5) is 11.6. The van der Waals surface area contributed by atoms with Gasteiger partial charge in [-0.1, -0.05) is 0 Å². The van der Waals surface area contributed by atoms with Crippen LogP contribution in [0.25, 0.3) is 0 Å². The highest BCUT2D eigenvalue weighted by Crippen LogP contribution is 2.30. The molecule has 0 radical (unpaired) electrons. The summed E-state index contributed by atoms with van der Waals surface area (Å²) in [6.45, 7) is 2.12. The Bertz CT molecular complexity index is 418. The van der Waals surface area contributed by atoms with Crippen LogP contribution in [0.15, 0.2) is 12.1 Å². The lowest BCUT2D eigenvalue weighted by molar-refractivity contribution is -0.120. The second kappa shape index (κ2) is 6.86. The van der Waals surface area contributed by atoms with Crippen molar-refractivity contribution in [1.82, 2.24) is 5.32 Å². The van der Waals surface area contributed by atoms with E-state index in [1.165, 1.54) is 0 Å². The second-order valence-electron chi connectivity index (χ2n) is 3.88. The van der Waals surface area contributed by atoms with Gasteiger partial charge in [0.2, 0.25) is 5.91 Å². The molecule has 5 heteroatoms. The minimum Gasteiger partial charge on any atom is -0.493 e. The smallest absolute Gasteiger partial charge is 0.224 e. The zero-order valence-electron chi connectivity index (χ0n) is 10.9. The Morgan fingerprint density at radius 1 is 1.28 bits per heavy atom. The molecule has 0 atom stereocenters. The molecule has 18 heavy (non-hydrogen) atoms. The van der Waals surface area contributed by atoms with Crippen molar-refractivity contribution in [2.75, 3.05) is 27.4 Å². The molecular formula is C13H19NO4. The first-order chi connectivity index (χ1) is 8.62. The van der Waals surface area contributed by atoms with E-state index in [-0.39, 0.29) is 25.5 Å². The van der Waals surface area contributed by atoms with Gasteiger partial charge in [-0.25, -0.2) is 0 Å². The first-order valence-corrected chi connectivity index (χ1v) is 5.71. The molecule has 2 N–H and O–H groups in total. The molecule has 1 aromatic rings. The number of hydrogen-bond donors (Lipinski definition) is 2. The maximum absolute atomic E-state index is 11.6. The van der Waals surface area contributed by atoms with E-state index in [9.17, 15) is 4.79 Å². The van der Waals surface area contributed by atoms with Gasteiger partial charge in [-0.2, -0.15) is 0 Å². The van der Waals surface area contributed by atoms with Gasteiger partial charge >= 0.3 is 0 Å². The highest BCUT2D eigenvalue weighted by Gasteiger charge is 2.11. The van der Waals surface area contributed by atoms with Gasteiger partial charge in [0, 0.05) is 6.54 Å². The highest BCUT2D eigenvalue weighted by molar-refractivity contribution is 5.79. The third-order valence-electron chi connectivity index (χ3n) is 2.63. The minimum absolute atomic E-state index is 0.0589. The molecule has 0 aliphatic rings. The molecule has 0 unspecified atom stereocenters. The summed E-state index contributed by atoms with van der Waals surface area (Å²) < 4.78 is 10.4. The number of hydrogen-bond acceptors (Lipinski definition) is 4. The number of ether oxygens (including phenoxy) is 2. The van der Waals surface area contributed by atoms with Crippen LogP contribution >= 0.6 is 0 Å². The number of carbonyl (C=O) groups is 1. The van der Waals surface area contributed by atoms with E-state index in [1.54, 1.807) is 20.3 Å². The lowest BCUT2D eigenvalue weighted by Crippen LogP contribution is -2.28. The Labute approximate surface area is 107 Å². The third kappa shape index (κ3) is 3.63. The maximum atomic E-state index is 11.6. The number of rotatable bonds is 6. The van der Waals surface area contributed by atoms with Crippen molar-refractivity contribution in [3.8, 4) is 11.5 Å². The maximum Gasteiger partial charge on any atom is 0.224 e. The van der Waals surface area contributed by atoms with Crippen LogP contribution in [0.1, 0.15) is 11.1 Å². The van der Waals surface area contributed by atoms with Gasteiger partial charge in [0.15, 0.2) is 11.5 Å². The summed E-state index contributed by atoms with van der Waals surface area (Å²) in [5.41, 5.74) is 1.84. The summed E-state index contributed by atoms with van der Waals surface area (Å²) in [7, 11) is 3.13. The largest absolute Gasteiger partial charge is 0.493 e. The molecule has 1 amide bonds. The number of methoxy groups -OCH3 is 2. The van der Waals surface area contributed by atoms with Crippen LogP contribution in [-0.2, 0) is 11.2 Å². The van der Waals surface area contributed by atoms with Crippen LogP contribution < -0.4 is 14.8 Å². The van der Waals surface area contributed by atoms with Gasteiger partial charge in [0.25, 0.3) is 0 Å². The van der Waals surface area contributed by atoms with E-state index in [0.717, 1.165) is 11.1 Å². The number of aliphatic hydroxyl groups excluding tert-OH is 1. The zero-order valence-corrected chi connectivity index (χ0v) is 10.9. The summed E-state index contributed by atoms with van der Waals surface area (Å²) in [6.07, 6.45) is 0.256. The second-order valence-corrected chi connectivity index (χ2v) is 3.88. The molecule has 0 fully saturated rings. The Hall–Kier alpha value is -1.75. The quantitative estimate of drug-likeness (QED) is 0.781. The Morgan fingerprint density at radius 3 is 2.44 bits per heavy atom. The topological polar surface area (TPSA) is 67.8 Å². The number of benzene rings is 1. The van der Waals surface area contributed by atoms with Crippen molar-refractivity contribution >= 4 is 5.91 Å². The fraction of sp³-hybridized carbons (Fsp3) is 0.462. The SMILES string of the molecule is COc1cc(C)c(CC(=O)NCCO)cc1OC. The molecule has 0 aliphatic heterocycles. The summed E-state index contributed by atoms with van der Waals surface area (Å²) >= 11 is 0. The van der Waals surface area contributed by atoms with Crippen molar-refractivity contribution < 1.29 is 19.4 Å². The molecule has 0 spiro atoms. The van der Waals surface area contributed by atoms with Crippen LogP contribution in [0.4, 0.5) is 0 Å². The van der Waals surface area contributed by atoms with E-state index in [0.29, 0.717) is 11.5 Å². The fourth-order valence-corrected chi connectivity index (χ4v) is 1.64. The van der Waals surface area contributed by atoms with Crippen molar-refractivity contribution in [1.29, 1.82) is 0 Å². The van der Waals surface area contributed by atoms with Crippen LogP contribution in [0, 0.1) is 6.92 Å². The van der Waals surface area contributed by atoms with Gasteiger partial charge in [-0.05, 0) is 30.2 Å². The predicted octanol–water partition coefficient (Wildman–Crippen LogP) is 0.663. The molecule has 0 aromatic heterocycles. The molecule has 5 nitrogen and oxygen atoms in total.